The Hall–Kier alpha value is -0.550. The number of alkyl halides is 1. The Morgan fingerprint density at radius 3 is 2.68 bits per heavy atom. The van der Waals surface area contributed by atoms with Crippen LogP contribution in [0.4, 0.5) is 0 Å². The zero-order valence-electron chi connectivity index (χ0n) is 11.3. The van der Waals surface area contributed by atoms with Crippen LogP contribution in [0.1, 0.15) is 30.1 Å². The highest BCUT2D eigenvalue weighted by molar-refractivity contribution is 9.10. The van der Waals surface area contributed by atoms with Crippen molar-refractivity contribution in [3.8, 4) is 5.75 Å². The Labute approximate surface area is 131 Å². The van der Waals surface area contributed by atoms with E-state index in [-0.39, 0.29) is 5.91 Å². The average Bonchev–Trinajstić information content (AvgIpc) is 2.43. The second-order valence-corrected chi connectivity index (χ2v) is 5.83. The van der Waals surface area contributed by atoms with Crippen molar-refractivity contribution in [2.24, 2.45) is 0 Å². The Morgan fingerprint density at radius 2 is 2.11 bits per heavy atom. The number of benzene rings is 1. The van der Waals surface area contributed by atoms with Gasteiger partial charge in [0.2, 0.25) is 0 Å². The van der Waals surface area contributed by atoms with Gasteiger partial charge in [0.25, 0.3) is 5.91 Å². The fraction of sp³-hybridized carbons (Fsp3) is 0.500. The Bertz CT molecular complexity index is 424. The van der Waals surface area contributed by atoms with Crippen LogP contribution in [0.5, 0.6) is 5.75 Å². The molecule has 1 amide bonds. The number of carbonyl (C=O) groups excluding carboxylic acids is 1. The van der Waals surface area contributed by atoms with Gasteiger partial charge in [-0.15, -0.1) is 0 Å². The molecule has 19 heavy (non-hydrogen) atoms. The molecule has 0 aliphatic rings. The summed E-state index contributed by atoms with van der Waals surface area (Å²) in [5.74, 6) is 0.736. The molecule has 1 aromatic rings. The highest BCUT2D eigenvalue weighted by Gasteiger charge is 2.18. The summed E-state index contributed by atoms with van der Waals surface area (Å²) in [7, 11) is 1.60. The number of amides is 1. The maximum atomic E-state index is 12.5. The van der Waals surface area contributed by atoms with Crippen LogP contribution < -0.4 is 4.74 Å². The predicted molar refractivity (Wildman–Crippen MR) is 85.3 cm³/mol. The van der Waals surface area contributed by atoms with E-state index in [1.54, 1.807) is 13.2 Å². The van der Waals surface area contributed by atoms with Crippen molar-refractivity contribution in [2.75, 3.05) is 25.5 Å². The van der Waals surface area contributed by atoms with Crippen LogP contribution in [-0.4, -0.2) is 36.3 Å². The van der Waals surface area contributed by atoms with Gasteiger partial charge in [-0.3, -0.25) is 4.79 Å². The second-order valence-electron chi connectivity index (χ2n) is 4.18. The number of hydrogen-bond acceptors (Lipinski definition) is 2. The summed E-state index contributed by atoms with van der Waals surface area (Å²) >= 11 is 6.83. The van der Waals surface area contributed by atoms with Gasteiger partial charge in [0.05, 0.1) is 12.7 Å². The minimum atomic E-state index is 0.0404. The Balaban J connectivity index is 2.94. The number of halogens is 2. The number of rotatable bonds is 7. The van der Waals surface area contributed by atoms with E-state index in [2.05, 4.69) is 38.8 Å². The van der Waals surface area contributed by atoms with Gasteiger partial charge >= 0.3 is 0 Å². The quantitative estimate of drug-likeness (QED) is 0.654. The summed E-state index contributed by atoms with van der Waals surface area (Å²) in [6, 6.07) is 5.46. The lowest BCUT2D eigenvalue weighted by Crippen LogP contribution is -2.33. The third-order valence-corrected chi connectivity index (χ3v) is 3.87. The summed E-state index contributed by atoms with van der Waals surface area (Å²) in [5.41, 5.74) is 0.649. The van der Waals surface area contributed by atoms with Gasteiger partial charge in [0.1, 0.15) is 5.75 Å². The summed E-state index contributed by atoms with van der Waals surface area (Å²) in [6.45, 7) is 3.62. The minimum absolute atomic E-state index is 0.0404. The number of nitrogens with zero attached hydrogens (tertiary/aromatic N) is 1. The number of methoxy groups -OCH3 is 1. The SMILES string of the molecule is CCCCN(CCBr)C(=O)c1cc(OC)ccc1Br. The largest absolute Gasteiger partial charge is 0.497 e. The van der Waals surface area contributed by atoms with Crippen molar-refractivity contribution in [3.63, 3.8) is 0 Å². The van der Waals surface area contributed by atoms with Crippen LogP contribution in [0.25, 0.3) is 0 Å². The van der Waals surface area contributed by atoms with E-state index in [0.717, 1.165) is 29.2 Å². The predicted octanol–water partition coefficient (Wildman–Crippen LogP) is 4.09. The molecule has 0 atom stereocenters. The molecule has 3 nitrogen and oxygen atoms in total. The van der Waals surface area contributed by atoms with E-state index >= 15 is 0 Å². The van der Waals surface area contributed by atoms with E-state index in [1.165, 1.54) is 0 Å². The first-order valence-corrected chi connectivity index (χ1v) is 8.24. The number of unbranched alkanes of at least 4 members (excludes halogenated alkanes) is 1. The van der Waals surface area contributed by atoms with Crippen LogP contribution in [0.15, 0.2) is 22.7 Å². The summed E-state index contributed by atoms with van der Waals surface area (Å²) < 4.78 is 5.98. The number of carbonyl (C=O) groups is 1. The van der Waals surface area contributed by atoms with Crippen LogP contribution in [0, 0.1) is 0 Å². The maximum Gasteiger partial charge on any atom is 0.255 e. The minimum Gasteiger partial charge on any atom is -0.497 e. The van der Waals surface area contributed by atoms with Gasteiger partial charge < -0.3 is 9.64 Å². The standard InChI is InChI=1S/C14H19Br2NO2/c1-3-4-8-17(9-7-15)14(18)12-10-11(19-2)5-6-13(12)16/h5-6,10H,3-4,7-9H2,1-2H3. The Morgan fingerprint density at radius 1 is 1.37 bits per heavy atom. The molecule has 0 fully saturated rings. The van der Waals surface area contributed by atoms with Crippen molar-refractivity contribution in [2.45, 2.75) is 19.8 Å². The van der Waals surface area contributed by atoms with Crippen molar-refractivity contribution in [1.29, 1.82) is 0 Å². The fourth-order valence-corrected chi connectivity index (χ4v) is 2.58. The molecule has 1 rings (SSSR count). The van der Waals surface area contributed by atoms with Gasteiger partial charge in [-0.2, -0.15) is 0 Å². The highest BCUT2D eigenvalue weighted by Crippen LogP contribution is 2.24. The molecular formula is C14H19Br2NO2. The van der Waals surface area contributed by atoms with Gasteiger partial charge in [-0.25, -0.2) is 0 Å². The lowest BCUT2D eigenvalue weighted by Gasteiger charge is -2.22. The molecule has 0 N–H and O–H groups in total. The van der Waals surface area contributed by atoms with Gasteiger partial charge in [0.15, 0.2) is 0 Å². The number of ether oxygens (including phenoxy) is 1. The molecule has 0 heterocycles. The molecule has 0 saturated carbocycles. The van der Waals surface area contributed by atoms with Crippen LogP contribution in [-0.2, 0) is 0 Å². The normalized spacial score (nSPS) is 10.3. The molecule has 0 bridgehead atoms. The first kappa shape index (κ1) is 16.5. The molecule has 1 aromatic carbocycles. The maximum absolute atomic E-state index is 12.5. The zero-order chi connectivity index (χ0) is 14.3. The monoisotopic (exact) mass is 391 g/mol. The molecule has 0 saturated heterocycles. The molecule has 0 unspecified atom stereocenters. The van der Waals surface area contributed by atoms with E-state index in [9.17, 15) is 4.79 Å². The van der Waals surface area contributed by atoms with Gasteiger partial charge in [-0.1, -0.05) is 29.3 Å². The van der Waals surface area contributed by atoms with E-state index < -0.39 is 0 Å². The van der Waals surface area contributed by atoms with Crippen LogP contribution in [0.3, 0.4) is 0 Å². The van der Waals surface area contributed by atoms with Gasteiger partial charge in [0, 0.05) is 22.9 Å². The molecule has 0 spiro atoms. The smallest absolute Gasteiger partial charge is 0.255 e. The summed E-state index contributed by atoms with van der Waals surface area (Å²) in [5, 5.41) is 0.782. The topological polar surface area (TPSA) is 29.5 Å². The van der Waals surface area contributed by atoms with E-state index in [1.807, 2.05) is 17.0 Å². The molecule has 0 radical (unpaired) electrons. The molecule has 0 aliphatic heterocycles. The highest BCUT2D eigenvalue weighted by atomic mass is 79.9. The molecular weight excluding hydrogens is 374 g/mol. The third-order valence-electron chi connectivity index (χ3n) is 2.83. The van der Waals surface area contributed by atoms with Crippen molar-refractivity contribution < 1.29 is 9.53 Å². The number of hydrogen-bond donors (Lipinski definition) is 0. The molecule has 106 valence electrons. The second kappa shape index (κ2) is 8.59. The van der Waals surface area contributed by atoms with Crippen molar-refractivity contribution in [3.05, 3.63) is 28.2 Å². The summed E-state index contributed by atoms with van der Waals surface area (Å²) in [6.07, 6.45) is 2.09. The third kappa shape index (κ3) is 4.80. The molecule has 0 aromatic heterocycles. The van der Waals surface area contributed by atoms with E-state index in [0.29, 0.717) is 17.9 Å². The molecule has 5 heteroatoms. The first-order chi connectivity index (χ1) is 9.13. The zero-order valence-corrected chi connectivity index (χ0v) is 14.5. The lowest BCUT2D eigenvalue weighted by atomic mass is 10.1. The van der Waals surface area contributed by atoms with Crippen molar-refractivity contribution in [1.82, 2.24) is 4.90 Å². The van der Waals surface area contributed by atoms with Crippen LogP contribution >= 0.6 is 31.9 Å². The van der Waals surface area contributed by atoms with Gasteiger partial charge in [-0.05, 0) is 40.5 Å². The van der Waals surface area contributed by atoms with Crippen LogP contribution in [0.2, 0.25) is 0 Å². The fourth-order valence-electron chi connectivity index (χ4n) is 1.73. The first-order valence-electron chi connectivity index (χ1n) is 6.32. The molecule has 0 aliphatic carbocycles. The Kier molecular flexibility index (Phi) is 7.46. The summed E-state index contributed by atoms with van der Waals surface area (Å²) in [4.78, 5) is 14.4. The van der Waals surface area contributed by atoms with E-state index in [4.69, 9.17) is 4.74 Å². The lowest BCUT2D eigenvalue weighted by molar-refractivity contribution is 0.0763. The van der Waals surface area contributed by atoms with Crippen molar-refractivity contribution >= 4 is 37.8 Å². The average molecular weight is 393 g/mol.